The molecule has 118 valence electrons. The molecular formula is C11H22ClN3O4S. The van der Waals surface area contributed by atoms with Gasteiger partial charge in [-0.05, 0) is 19.4 Å². The van der Waals surface area contributed by atoms with Gasteiger partial charge >= 0.3 is 0 Å². The zero-order chi connectivity index (χ0) is 14.0. The zero-order valence-corrected chi connectivity index (χ0v) is 12.6. The smallest absolute Gasteiger partial charge is 0.161 e. The van der Waals surface area contributed by atoms with E-state index in [4.69, 9.17) is 5.73 Å². The second-order valence-electron chi connectivity index (χ2n) is 4.83. The van der Waals surface area contributed by atoms with E-state index in [1.165, 1.54) is 16.7 Å². The van der Waals surface area contributed by atoms with Gasteiger partial charge in [-0.3, -0.25) is 4.99 Å². The van der Waals surface area contributed by atoms with Crippen LogP contribution in [0.15, 0.2) is 4.99 Å². The van der Waals surface area contributed by atoms with E-state index < -0.39 is 30.6 Å². The molecule has 0 aromatic rings. The molecule has 9 heteroatoms. The van der Waals surface area contributed by atoms with E-state index in [0.29, 0.717) is 24.0 Å². The number of aliphatic hydroxyl groups is 4. The van der Waals surface area contributed by atoms with E-state index >= 15 is 0 Å². The molecule has 0 amide bonds. The lowest BCUT2D eigenvalue weighted by Crippen LogP contribution is -2.65. The lowest BCUT2D eigenvalue weighted by atomic mass is 9.94. The first-order chi connectivity index (χ1) is 9.07. The van der Waals surface area contributed by atoms with Crippen molar-refractivity contribution in [2.75, 3.05) is 18.8 Å². The number of aliphatic hydroxyl groups excluding tert-OH is 4. The molecule has 2 saturated heterocycles. The normalized spacial score (nSPS) is 38.8. The lowest BCUT2D eigenvalue weighted by molar-refractivity contribution is -0.190. The fraction of sp³-hybridized carbons (Fsp3) is 0.909. The summed E-state index contributed by atoms with van der Waals surface area (Å²) >= 11 is 1.42. The number of nitrogens with two attached hydrogens (primary N) is 1. The number of piperidine rings is 1. The fourth-order valence-corrected chi connectivity index (χ4v) is 3.61. The maximum Gasteiger partial charge on any atom is 0.161 e. The Morgan fingerprint density at radius 2 is 1.85 bits per heavy atom. The maximum absolute atomic E-state index is 10.00. The van der Waals surface area contributed by atoms with Gasteiger partial charge in [-0.25, -0.2) is 0 Å². The van der Waals surface area contributed by atoms with Gasteiger partial charge in [-0.2, -0.15) is 0 Å². The van der Waals surface area contributed by atoms with Crippen LogP contribution in [0.1, 0.15) is 12.8 Å². The first-order valence-corrected chi connectivity index (χ1v) is 7.44. The average molecular weight is 328 g/mol. The van der Waals surface area contributed by atoms with Crippen LogP contribution in [0.4, 0.5) is 0 Å². The third kappa shape index (κ3) is 3.38. The highest BCUT2D eigenvalue weighted by atomic mass is 35.5. The van der Waals surface area contributed by atoms with Crippen molar-refractivity contribution < 1.29 is 20.4 Å². The van der Waals surface area contributed by atoms with Gasteiger partial charge in [0.25, 0.3) is 0 Å². The van der Waals surface area contributed by atoms with Crippen LogP contribution in [0, 0.1) is 0 Å². The van der Waals surface area contributed by atoms with Gasteiger partial charge in [0.15, 0.2) is 11.4 Å². The van der Waals surface area contributed by atoms with Crippen molar-refractivity contribution in [3.8, 4) is 0 Å². The van der Waals surface area contributed by atoms with Crippen molar-refractivity contribution >= 4 is 29.3 Å². The first kappa shape index (κ1) is 18.0. The molecule has 2 aliphatic heterocycles. The molecular weight excluding hydrogens is 306 g/mol. The summed E-state index contributed by atoms with van der Waals surface area (Å²) in [5, 5.41) is 39.9. The third-order valence-corrected chi connectivity index (χ3v) is 4.61. The summed E-state index contributed by atoms with van der Waals surface area (Å²) < 4.78 is 0. The number of rotatable bonds is 4. The summed E-state index contributed by atoms with van der Waals surface area (Å²) in [5.41, 5.74) is 5.40. The molecule has 0 unspecified atom stereocenters. The average Bonchev–Trinajstić information content (AvgIpc) is 2.83. The summed E-state index contributed by atoms with van der Waals surface area (Å²) in [6.45, 7) is 1.22. The number of nitrogens with zero attached hydrogens (tertiary/aromatic N) is 2. The molecule has 0 spiro atoms. The highest BCUT2D eigenvalue weighted by molar-refractivity contribution is 8.14. The Balaban J connectivity index is 0.00000200. The summed E-state index contributed by atoms with van der Waals surface area (Å²) in [7, 11) is 0. The van der Waals surface area contributed by atoms with Crippen LogP contribution >= 0.6 is 24.2 Å². The van der Waals surface area contributed by atoms with Gasteiger partial charge in [-0.15, -0.1) is 12.4 Å². The predicted octanol–water partition coefficient (Wildman–Crippen LogP) is -1.66. The molecule has 6 N–H and O–H groups in total. The van der Waals surface area contributed by atoms with E-state index in [1.54, 1.807) is 0 Å². The number of fused-ring (bicyclic) bond motifs is 1. The number of aliphatic imine (C=N–C) groups is 1. The summed E-state index contributed by atoms with van der Waals surface area (Å²) in [5.74, 6) is 0.539. The van der Waals surface area contributed by atoms with Gasteiger partial charge < -0.3 is 31.1 Å². The number of amidine groups is 1. The van der Waals surface area contributed by atoms with E-state index in [2.05, 4.69) is 4.99 Å². The monoisotopic (exact) mass is 327 g/mol. The van der Waals surface area contributed by atoms with Crippen LogP contribution in [-0.2, 0) is 0 Å². The molecule has 0 aromatic heterocycles. The fourth-order valence-electron chi connectivity index (χ4n) is 2.36. The minimum absolute atomic E-state index is 0. The Kier molecular flexibility index (Phi) is 6.99. The number of thioether (sulfide) groups is 1. The Hall–Kier alpha value is -0.0900. The number of halogens is 1. The van der Waals surface area contributed by atoms with Gasteiger partial charge in [0, 0.05) is 12.3 Å². The SMILES string of the molecule is Cl.NCCCCN=C1SC[C@@H]2[C@@H](O)[C@H](O)[C@@H](O)[C@@H](O)N12. The van der Waals surface area contributed by atoms with E-state index in [0.717, 1.165) is 12.8 Å². The topological polar surface area (TPSA) is 123 Å². The van der Waals surface area contributed by atoms with Crippen molar-refractivity contribution in [3.63, 3.8) is 0 Å². The molecule has 0 saturated carbocycles. The van der Waals surface area contributed by atoms with E-state index in [9.17, 15) is 20.4 Å². The molecule has 2 rings (SSSR count). The van der Waals surface area contributed by atoms with Gasteiger partial charge in [0.1, 0.15) is 18.3 Å². The van der Waals surface area contributed by atoms with Crippen molar-refractivity contribution in [3.05, 3.63) is 0 Å². The van der Waals surface area contributed by atoms with E-state index in [-0.39, 0.29) is 12.4 Å². The highest BCUT2D eigenvalue weighted by Crippen LogP contribution is 2.34. The van der Waals surface area contributed by atoms with Crippen LogP contribution in [0.25, 0.3) is 0 Å². The summed E-state index contributed by atoms with van der Waals surface area (Å²) in [6.07, 6.45) is -3.28. The molecule has 7 nitrogen and oxygen atoms in total. The number of hydrogen-bond acceptors (Lipinski definition) is 7. The quantitative estimate of drug-likeness (QED) is 0.391. The summed E-state index contributed by atoms with van der Waals surface area (Å²) in [4.78, 5) is 5.88. The second-order valence-corrected chi connectivity index (χ2v) is 5.82. The zero-order valence-electron chi connectivity index (χ0n) is 11.0. The molecule has 0 bridgehead atoms. The van der Waals surface area contributed by atoms with Crippen LogP contribution in [0.2, 0.25) is 0 Å². The molecule has 20 heavy (non-hydrogen) atoms. The lowest BCUT2D eigenvalue weighted by Gasteiger charge is -2.44. The first-order valence-electron chi connectivity index (χ1n) is 6.46. The third-order valence-electron chi connectivity index (χ3n) is 3.51. The predicted molar refractivity (Wildman–Crippen MR) is 80.0 cm³/mol. The molecule has 0 aliphatic carbocycles. The Bertz CT molecular complexity index is 350. The van der Waals surface area contributed by atoms with Crippen LogP contribution < -0.4 is 5.73 Å². The molecule has 0 radical (unpaired) electrons. The van der Waals surface area contributed by atoms with Crippen LogP contribution in [0.5, 0.6) is 0 Å². The Labute approximate surface area is 128 Å². The second kappa shape index (κ2) is 7.79. The number of hydrogen-bond donors (Lipinski definition) is 5. The van der Waals surface area contributed by atoms with Crippen LogP contribution in [0.3, 0.4) is 0 Å². The van der Waals surface area contributed by atoms with Crippen molar-refractivity contribution in [2.24, 2.45) is 10.7 Å². The van der Waals surface area contributed by atoms with Crippen molar-refractivity contribution in [1.82, 2.24) is 4.90 Å². The largest absolute Gasteiger partial charge is 0.388 e. The minimum Gasteiger partial charge on any atom is -0.388 e. The van der Waals surface area contributed by atoms with Crippen molar-refractivity contribution in [2.45, 2.75) is 43.4 Å². The molecule has 2 fully saturated rings. The Morgan fingerprint density at radius 1 is 1.15 bits per heavy atom. The summed E-state index contributed by atoms with van der Waals surface area (Å²) in [6, 6.07) is -0.411. The maximum atomic E-state index is 10.00. The van der Waals surface area contributed by atoms with Gasteiger partial charge in [0.05, 0.1) is 6.04 Å². The van der Waals surface area contributed by atoms with Gasteiger partial charge in [-0.1, -0.05) is 11.8 Å². The molecule has 5 atom stereocenters. The minimum atomic E-state index is -1.39. The molecule has 0 aromatic carbocycles. The van der Waals surface area contributed by atoms with Crippen molar-refractivity contribution in [1.29, 1.82) is 0 Å². The number of unbranched alkanes of at least 4 members (excludes halogenated alkanes) is 1. The van der Waals surface area contributed by atoms with E-state index in [1.807, 2.05) is 0 Å². The van der Waals surface area contributed by atoms with Crippen LogP contribution in [-0.4, -0.2) is 79.9 Å². The van der Waals surface area contributed by atoms with Gasteiger partial charge in [0.2, 0.25) is 0 Å². The molecule has 2 aliphatic rings. The Morgan fingerprint density at radius 3 is 2.50 bits per heavy atom. The molecule has 2 heterocycles. The highest BCUT2D eigenvalue weighted by Gasteiger charge is 2.51. The standard InChI is InChI=1S/C11H21N3O4S.ClH/c12-3-1-2-4-13-11-14-6(5-19-11)7(15)8(16)9(17)10(14)18;/h6-10,15-18H,1-5,12H2;1H/t6-,7-,8+,9-,10-;/m1./s1.